The highest BCUT2D eigenvalue weighted by atomic mass is 16.1. The third-order valence-corrected chi connectivity index (χ3v) is 4.91. The topological polar surface area (TPSA) is 34.1 Å². The summed E-state index contributed by atoms with van der Waals surface area (Å²) in [5, 5.41) is 0. The van der Waals surface area contributed by atoms with Crippen molar-refractivity contribution in [1.29, 1.82) is 0 Å². The third-order valence-electron chi connectivity index (χ3n) is 4.91. The fraction of sp³-hybridized carbons (Fsp3) is 0.300. The Morgan fingerprint density at radius 2 is 1.59 bits per heavy atom. The molecule has 2 heteroatoms. The Morgan fingerprint density at radius 3 is 2.18 bits per heavy atom. The summed E-state index contributed by atoms with van der Waals surface area (Å²) in [5.74, 6) is 0.352. The van der Waals surface area contributed by atoms with Crippen molar-refractivity contribution in [2.45, 2.75) is 19.8 Å². The highest BCUT2D eigenvalue weighted by Crippen LogP contribution is 2.37. The van der Waals surface area contributed by atoms with Crippen molar-refractivity contribution in [2.24, 2.45) is 17.8 Å². The first-order valence-corrected chi connectivity index (χ1v) is 7.85. The third kappa shape index (κ3) is 2.74. The van der Waals surface area contributed by atoms with E-state index in [1.54, 1.807) is 0 Å². The molecule has 0 saturated heterocycles. The van der Waals surface area contributed by atoms with Gasteiger partial charge in [-0.2, -0.15) is 0 Å². The van der Waals surface area contributed by atoms with Crippen molar-refractivity contribution < 1.29 is 9.59 Å². The summed E-state index contributed by atoms with van der Waals surface area (Å²) in [5.41, 5.74) is 3.02. The number of aldehydes is 1. The van der Waals surface area contributed by atoms with Crippen molar-refractivity contribution in [2.75, 3.05) is 0 Å². The normalized spacial score (nSPS) is 24.1. The van der Waals surface area contributed by atoms with Crippen LogP contribution in [0.15, 0.2) is 54.6 Å². The quantitative estimate of drug-likeness (QED) is 0.618. The lowest BCUT2D eigenvalue weighted by molar-refractivity contribution is -0.111. The Labute approximate surface area is 131 Å². The molecule has 0 unspecified atom stereocenters. The first kappa shape index (κ1) is 14.7. The van der Waals surface area contributed by atoms with Gasteiger partial charge in [-0.05, 0) is 29.9 Å². The molecule has 1 fully saturated rings. The average Bonchev–Trinajstić information content (AvgIpc) is 2.96. The summed E-state index contributed by atoms with van der Waals surface area (Å²) in [7, 11) is 0. The maximum absolute atomic E-state index is 12.7. The first-order valence-electron chi connectivity index (χ1n) is 7.85. The van der Waals surface area contributed by atoms with Crippen molar-refractivity contribution in [3.8, 4) is 11.1 Å². The number of ketones is 1. The van der Waals surface area contributed by atoms with Crippen LogP contribution >= 0.6 is 0 Å². The Bertz CT molecular complexity index is 658. The van der Waals surface area contributed by atoms with E-state index in [0.29, 0.717) is 0 Å². The van der Waals surface area contributed by atoms with Gasteiger partial charge in [0.05, 0.1) is 0 Å². The van der Waals surface area contributed by atoms with Crippen LogP contribution in [0.1, 0.15) is 30.1 Å². The largest absolute Gasteiger partial charge is 0.303 e. The van der Waals surface area contributed by atoms with E-state index in [0.717, 1.165) is 35.8 Å². The molecule has 1 aliphatic carbocycles. The summed E-state index contributed by atoms with van der Waals surface area (Å²) in [4.78, 5) is 23.7. The van der Waals surface area contributed by atoms with Gasteiger partial charge in [0.2, 0.25) is 0 Å². The smallest absolute Gasteiger partial charge is 0.166 e. The lowest BCUT2D eigenvalue weighted by atomic mass is 9.86. The fourth-order valence-electron chi connectivity index (χ4n) is 3.43. The van der Waals surface area contributed by atoms with E-state index in [1.807, 2.05) is 49.4 Å². The van der Waals surface area contributed by atoms with Crippen LogP contribution < -0.4 is 0 Å². The Hall–Kier alpha value is -2.22. The van der Waals surface area contributed by atoms with Gasteiger partial charge in [-0.3, -0.25) is 4.79 Å². The van der Waals surface area contributed by atoms with Gasteiger partial charge in [-0.15, -0.1) is 0 Å². The van der Waals surface area contributed by atoms with Gasteiger partial charge < -0.3 is 4.79 Å². The predicted octanol–water partition coefficient (Wildman–Crippen LogP) is 4.40. The molecule has 1 saturated carbocycles. The van der Waals surface area contributed by atoms with E-state index < -0.39 is 0 Å². The summed E-state index contributed by atoms with van der Waals surface area (Å²) >= 11 is 0. The summed E-state index contributed by atoms with van der Waals surface area (Å²) < 4.78 is 0. The monoisotopic (exact) mass is 292 g/mol. The van der Waals surface area contributed by atoms with Crippen LogP contribution in [0.4, 0.5) is 0 Å². The number of hydrogen-bond acceptors (Lipinski definition) is 2. The molecule has 3 atom stereocenters. The number of carbonyl (C=O) groups excluding carboxylic acids is 2. The zero-order valence-electron chi connectivity index (χ0n) is 12.7. The second kappa shape index (κ2) is 6.27. The standard InChI is InChI=1S/C20H20O2/c1-14-18(13-21)11-12-19(14)20(22)17-9-7-16(8-10-17)15-5-3-2-4-6-15/h2-10,13-14,18-19H,11-12H2,1H3/t14-,18-,19-/m0/s1. The van der Waals surface area contributed by atoms with E-state index in [4.69, 9.17) is 0 Å². The van der Waals surface area contributed by atoms with Gasteiger partial charge in [0, 0.05) is 17.4 Å². The van der Waals surface area contributed by atoms with E-state index in [1.165, 1.54) is 0 Å². The van der Waals surface area contributed by atoms with Gasteiger partial charge in [0.25, 0.3) is 0 Å². The Kier molecular flexibility index (Phi) is 4.19. The van der Waals surface area contributed by atoms with E-state index in [2.05, 4.69) is 12.1 Å². The van der Waals surface area contributed by atoms with Gasteiger partial charge >= 0.3 is 0 Å². The molecule has 0 N–H and O–H groups in total. The van der Waals surface area contributed by atoms with Crippen LogP contribution in [0.3, 0.4) is 0 Å². The minimum atomic E-state index is -0.0159. The average molecular weight is 292 g/mol. The molecule has 22 heavy (non-hydrogen) atoms. The van der Waals surface area contributed by atoms with Crippen molar-refractivity contribution in [3.63, 3.8) is 0 Å². The second-order valence-corrected chi connectivity index (χ2v) is 6.15. The molecule has 0 amide bonds. The highest BCUT2D eigenvalue weighted by molar-refractivity contribution is 5.98. The van der Waals surface area contributed by atoms with E-state index in [-0.39, 0.29) is 23.5 Å². The summed E-state index contributed by atoms with van der Waals surface area (Å²) in [6.45, 7) is 2.02. The second-order valence-electron chi connectivity index (χ2n) is 6.15. The molecule has 0 bridgehead atoms. The van der Waals surface area contributed by atoms with Crippen LogP contribution in [0.2, 0.25) is 0 Å². The molecule has 0 aliphatic heterocycles. The zero-order chi connectivity index (χ0) is 15.5. The van der Waals surface area contributed by atoms with Gasteiger partial charge in [0.1, 0.15) is 6.29 Å². The molecule has 2 aromatic carbocycles. The number of hydrogen-bond donors (Lipinski definition) is 0. The van der Waals surface area contributed by atoms with Crippen molar-refractivity contribution in [3.05, 3.63) is 60.2 Å². The van der Waals surface area contributed by atoms with Crippen LogP contribution in [-0.2, 0) is 4.79 Å². The Morgan fingerprint density at radius 1 is 0.955 bits per heavy atom. The SMILES string of the molecule is C[C@H]1[C@H](C=O)CC[C@@H]1C(=O)c1ccc(-c2ccccc2)cc1. The maximum Gasteiger partial charge on any atom is 0.166 e. The lowest BCUT2D eigenvalue weighted by Crippen LogP contribution is -2.20. The lowest BCUT2D eigenvalue weighted by Gasteiger charge is -2.16. The number of benzene rings is 2. The molecular weight excluding hydrogens is 272 g/mol. The summed E-state index contributed by atoms with van der Waals surface area (Å²) in [6.07, 6.45) is 2.67. The number of Topliss-reactive ketones (excluding diaryl/α,β-unsaturated/α-hetero) is 1. The molecule has 1 aliphatic rings. The minimum absolute atomic E-state index is 0.0159. The molecule has 0 radical (unpaired) electrons. The van der Waals surface area contributed by atoms with Gasteiger partial charge in [0.15, 0.2) is 5.78 Å². The van der Waals surface area contributed by atoms with Gasteiger partial charge in [-0.1, -0.05) is 61.5 Å². The number of carbonyl (C=O) groups is 2. The van der Waals surface area contributed by atoms with E-state index >= 15 is 0 Å². The molecular formula is C20H20O2. The van der Waals surface area contributed by atoms with Crippen LogP contribution in [-0.4, -0.2) is 12.1 Å². The summed E-state index contributed by atoms with van der Waals surface area (Å²) in [6, 6.07) is 17.9. The molecule has 0 heterocycles. The molecule has 3 rings (SSSR count). The van der Waals surface area contributed by atoms with Crippen molar-refractivity contribution in [1.82, 2.24) is 0 Å². The minimum Gasteiger partial charge on any atom is -0.303 e. The maximum atomic E-state index is 12.7. The molecule has 2 nitrogen and oxygen atoms in total. The van der Waals surface area contributed by atoms with Gasteiger partial charge in [-0.25, -0.2) is 0 Å². The number of rotatable bonds is 4. The predicted molar refractivity (Wildman–Crippen MR) is 87.7 cm³/mol. The Balaban J connectivity index is 1.79. The van der Waals surface area contributed by atoms with Crippen LogP contribution in [0.25, 0.3) is 11.1 Å². The van der Waals surface area contributed by atoms with E-state index in [9.17, 15) is 9.59 Å². The van der Waals surface area contributed by atoms with Crippen LogP contribution in [0.5, 0.6) is 0 Å². The molecule has 0 spiro atoms. The fourth-order valence-corrected chi connectivity index (χ4v) is 3.43. The molecule has 2 aromatic rings. The van der Waals surface area contributed by atoms with Crippen LogP contribution in [0, 0.1) is 17.8 Å². The first-order chi connectivity index (χ1) is 10.7. The molecule has 112 valence electrons. The van der Waals surface area contributed by atoms with Crippen molar-refractivity contribution >= 4 is 12.1 Å². The molecule has 0 aromatic heterocycles. The zero-order valence-corrected chi connectivity index (χ0v) is 12.7. The highest BCUT2D eigenvalue weighted by Gasteiger charge is 2.37.